The molecule has 0 unspecified atom stereocenters. The maximum absolute atomic E-state index is 10.5. The third kappa shape index (κ3) is 6.67. The molecule has 0 bridgehead atoms. The molecule has 1 rings (SSSR count). The molecular weight excluding hydrogens is 317 g/mol. The van der Waals surface area contributed by atoms with Gasteiger partial charge in [-0.1, -0.05) is 0 Å². The average Bonchev–Trinajstić information content (AvgIpc) is 2.24. The van der Waals surface area contributed by atoms with Gasteiger partial charge in [-0.25, -0.2) is 0 Å². The smallest absolute Gasteiger partial charge is 0.688 e. The van der Waals surface area contributed by atoms with Crippen LogP contribution in [-0.4, -0.2) is 70.5 Å². The molecule has 6 atom stereocenters. The van der Waals surface area contributed by atoms with Crippen molar-refractivity contribution in [3.8, 4) is 0 Å². The van der Waals surface area contributed by atoms with Crippen molar-refractivity contribution in [1.82, 2.24) is 0 Å². The predicted octanol–water partition coefficient (Wildman–Crippen LogP) is -11.3. The molecule has 12 heteroatoms. The van der Waals surface area contributed by atoms with Gasteiger partial charge in [0.1, 0.15) is 30.5 Å². The summed E-state index contributed by atoms with van der Waals surface area (Å²) in [5.74, 6) is 0. The Bertz CT molecular complexity index is 277. The summed E-state index contributed by atoms with van der Waals surface area (Å²) in [6.07, 6.45) is -10.9. The summed E-state index contributed by atoms with van der Waals surface area (Å²) in [4.78, 5) is 31.6. The first kappa shape index (κ1) is 24.3. The second kappa shape index (κ2) is 10.0. The number of methoxy groups -OCH3 is 1. The van der Waals surface area contributed by atoms with E-state index < -0.39 is 50.9 Å². The summed E-state index contributed by atoms with van der Waals surface area (Å²) in [5, 5.41) is 37.9. The second-order valence-electron chi connectivity index (χ2n) is 4.04. The summed E-state index contributed by atoms with van der Waals surface area (Å²) in [6, 6.07) is 0. The van der Waals surface area contributed by atoms with Crippen molar-refractivity contribution in [3.63, 3.8) is 0 Å². The number of rotatable bonds is 4. The van der Waals surface area contributed by atoms with Gasteiger partial charge >= 0.3 is 59.1 Å². The van der Waals surface area contributed by atoms with Crippen LogP contribution in [0.4, 0.5) is 0 Å². The third-order valence-electron chi connectivity index (χ3n) is 2.63. The Morgan fingerprint density at radius 2 is 1.60 bits per heavy atom. The average molecular weight is 332 g/mol. The van der Waals surface area contributed by atoms with Gasteiger partial charge in [0.2, 0.25) is 0 Å². The number of ether oxygens (including phenoxy) is 2. The minimum Gasteiger partial charge on any atom is -0.688 e. The summed E-state index contributed by atoms with van der Waals surface area (Å²) in [5.41, 5.74) is 0. The van der Waals surface area contributed by atoms with Crippen molar-refractivity contribution in [1.29, 1.82) is 0 Å². The van der Waals surface area contributed by atoms with E-state index in [0.717, 1.165) is 7.11 Å². The van der Waals surface area contributed by atoms with Gasteiger partial charge < -0.3 is 44.6 Å². The van der Waals surface area contributed by atoms with Crippen LogP contribution < -0.4 is 73.8 Å². The minimum absolute atomic E-state index is 0. The van der Waals surface area contributed by atoms with Gasteiger partial charge in [-0.2, -0.15) is 7.94 Å². The SMILES string of the molecule is CO[C@@H]1O[C@H]([C@@H](O)C[P+]([O-])([O-])[O-])[C@@H](O)[C@H](O)[C@@H]1O.[Na+].[Na+]. The molecule has 4 N–H and O–H groups in total. The fourth-order valence-corrected chi connectivity index (χ4v) is 2.39. The molecule has 1 fully saturated rings. The molecular formula is C8H15Na2O9P. The van der Waals surface area contributed by atoms with Crippen LogP contribution in [0.1, 0.15) is 0 Å². The monoisotopic (exact) mass is 332 g/mol. The van der Waals surface area contributed by atoms with Gasteiger partial charge in [0, 0.05) is 7.11 Å². The minimum atomic E-state index is -5.00. The molecule has 1 saturated heterocycles. The maximum atomic E-state index is 10.5. The summed E-state index contributed by atoms with van der Waals surface area (Å²) < 4.78 is 9.56. The second-order valence-corrected chi connectivity index (χ2v) is 5.62. The first-order chi connectivity index (χ1) is 8.17. The largest absolute Gasteiger partial charge is 1.00 e. The van der Waals surface area contributed by atoms with Gasteiger partial charge in [0.25, 0.3) is 0 Å². The predicted molar refractivity (Wildman–Crippen MR) is 51.5 cm³/mol. The van der Waals surface area contributed by atoms with Crippen LogP contribution in [0, 0.1) is 0 Å². The Hall–Kier alpha value is 2.07. The summed E-state index contributed by atoms with van der Waals surface area (Å²) in [7, 11) is -3.86. The van der Waals surface area contributed by atoms with E-state index >= 15 is 0 Å². The first-order valence-electron chi connectivity index (χ1n) is 5.09. The van der Waals surface area contributed by atoms with Gasteiger partial charge in [-0.3, -0.25) is 0 Å². The van der Waals surface area contributed by atoms with E-state index in [1.54, 1.807) is 0 Å². The zero-order valence-electron chi connectivity index (χ0n) is 11.4. The van der Waals surface area contributed by atoms with Gasteiger partial charge in [-0.05, 0) is 0 Å². The van der Waals surface area contributed by atoms with Crippen molar-refractivity contribution in [3.05, 3.63) is 0 Å². The van der Waals surface area contributed by atoms with Gasteiger partial charge in [-0.15, -0.1) is 0 Å². The Labute approximate surface area is 160 Å². The van der Waals surface area contributed by atoms with Crippen LogP contribution in [0.15, 0.2) is 0 Å². The van der Waals surface area contributed by atoms with Crippen LogP contribution in [0.2, 0.25) is 0 Å². The number of hydrogen-bond acceptors (Lipinski definition) is 9. The quantitative estimate of drug-likeness (QED) is 0.288. The maximum Gasteiger partial charge on any atom is 1.00 e. The first-order valence-corrected chi connectivity index (χ1v) is 6.81. The van der Waals surface area contributed by atoms with Crippen molar-refractivity contribution in [2.45, 2.75) is 36.8 Å². The van der Waals surface area contributed by atoms with E-state index in [1.807, 2.05) is 0 Å². The molecule has 0 spiro atoms. The van der Waals surface area contributed by atoms with E-state index in [1.165, 1.54) is 0 Å². The van der Waals surface area contributed by atoms with E-state index in [9.17, 15) is 35.1 Å². The molecule has 0 aliphatic carbocycles. The molecule has 0 saturated carbocycles. The molecule has 9 nitrogen and oxygen atoms in total. The number of aliphatic hydroxyl groups is 4. The Morgan fingerprint density at radius 3 is 2.00 bits per heavy atom. The van der Waals surface area contributed by atoms with Gasteiger partial charge in [0.05, 0.1) is 6.16 Å². The van der Waals surface area contributed by atoms with E-state index in [-0.39, 0.29) is 59.1 Å². The molecule has 1 heterocycles. The normalized spacial score (nSPS) is 35.7. The molecule has 0 radical (unpaired) electrons. The zero-order valence-corrected chi connectivity index (χ0v) is 16.3. The number of aliphatic hydroxyl groups excluding tert-OH is 4. The Kier molecular flexibility index (Phi) is 12.2. The fourth-order valence-electron chi connectivity index (χ4n) is 1.72. The molecule has 20 heavy (non-hydrogen) atoms. The van der Waals surface area contributed by atoms with E-state index in [2.05, 4.69) is 4.74 Å². The third-order valence-corrected chi connectivity index (χ3v) is 3.45. The van der Waals surface area contributed by atoms with Crippen LogP contribution in [0.25, 0.3) is 0 Å². The molecule has 0 aromatic rings. The Balaban J connectivity index is 0. The van der Waals surface area contributed by atoms with Crippen LogP contribution in [-0.2, 0) is 9.47 Å². The van der Waals surface area contributed by atoms with Crippen molar-refractivity contribution < 1.29 is 104 Å². The van der Waals surface area contributed by atoms with E-state index in [4.69, 9.17) is 4.74 Å². The van der Waals surface area contributed by atoms with Crippen molar-refractivity contribution in [2.24, 2.45) is 0 Å². The van der Waals surface area contributed by atoms with E-state index in [0.29, 0.717) is 0 Å². The summed E-state index contributed by atoms with van der Waals surface area (Å²) >= 11 is 0. The molecule has 108 valence electrons. The summed E-state index contributed by atoms with van der Waals surface area (Å²) in [6.45, 7) is 0. The molecule has 0 aromatic carbocycles. The van der Waals surface area contributed by atoms with Crippen LogP contribution in [0.3, 0.4) is 0 Å². The van der Waals surface area contributed by atoms with Crippen LogP contribution >= 0.6 is 7.94 Å². The molecule has 0 amide bonds. The molecule has 1 aliphatic rings. The standard InChI is InChI=1S/C8H17O9P.2Na/c1-16-8-6(12)4(10)5(11)7(17-8)3(9)2-18(13,14)15;;/h3-12H,2H2,1H3,(H2,13,14,15);;/q;2*+1/p-2/t3-,4-,5-,6-,7+,8+;;/m0../s1. The zero-order chi connectivity index (χ0) is 14.1. The topological polar surface area (TPSA) is 169 Å². The van der Waals surface area contributed by atoms with Crippen LogP contribution in [0.5, 0.6) is 0 Å². The van der Waals surface area contributed by atoms with Crippen molar-refractivity contribution in [2.75, 3.05) is 13.3 Å². The van der Waals surface area contributed by atoms with Gasteiger partial charge in [0.15, 0.2) is 6.29 Å². The molecule has 1 aliphatic heterocycles. The Morgan fingerprint density at radius 1 is 1.10 bits per heavy atom. The molecule has 0 aromatic heterocycles. The van der Waals surface area contributed by atoms with Crippen molar-refractivity contribution >= 4 is 7.94 Å². The fraction of sp³-hybridized carbons (Fsp3) is 1.00. The number of hydrogen-bond donors (Lipinski definition) is 4.